The molecule has 72 valence electrons. The molecule has 1 aromatic rings. The van der Waals surface area contributed by atoms with Crippen LogP contribution in [-0.2, 0) is 13.0 Å². The first-order valence-corrected chi connectivity index (χ1v) is 5.26. The van der Waals surface area contributed by atoms with Crippen molar-refractivity contribution < 1.29 is 0 Å². The van der Waals surface area contributed by atoms with Gasteiger partial charge in [-0.2, -0.15) is 0 Å². The van der Waals surface area contributed by atoms with E-state index in [1.54, 1.807) is 0 Å². The number of imidazole rings is 1. The summed E-state index contributed by atoms with van der Waals surface area (Å²) in [5.41, 5.74) is 0. The van der Waals surface area contributed by atoms with Crippen molar-refractivity contribution >= 4 is 11.6 Å². The molecule has 1 aliphatic rings. The number of nitrogens with zero attached hydrogens (tertiary/aromatic N) is 2. The highest BCUT2D eigenvalue weighted by atomic mass is 35.5. The van der Waals surface area contributed by atoms with Crippen LogP contribution in [0.4, 0.5) is 0 Å². The van der Waals surface area contributed by atoms with Crippen LogP contribution < -0.4 is 0 Å². The van der Waals surface area contributed by atoms with E-state index in [0.29, 0.717) is 5.15 Å². The molecule has 13 heavy (non-hydrogen) atoms. The standard InChI is InChI=1S/C10H15ClN2/c1-7(2)8-3-4-13-6-9(11)12-10(13)5-8/h6-8H,3-5H2,1-2H3. The average Bonchev–Trinajstić information content (AvgIpc) is 2.42. The summed E-state index contributed by atoms with van der Waals surface area (Å²) >= 11 is 5.85. The zero-order valence-electron chi connectivity index (χ0n) is 8.13. The Hall–Kier alpha value is -0.500. The summed E-state index contributed by atoms with van der Waals surface area (Å²) in [4.78, 5) is 4.31. The van der Waals surface area contributed by atoms with Crippen LogP contribution in [0.2, 0.25) is 5.15 Å². The summed E-state index contributed by atoms with van der Waals surface area (Å²) in [6, 6.07) is 0. The third kappa shape index (κ3) is 1.73. The van der Waals surface area contributed by atoms with Crippen LogP contribution in [0.15, 0.2) is 6.20 Å². The van der Waals surface area contributed by atoms with Gasteiger partial charge in [-0.15, -0.1) is 0 Å². The fourth-order valence-electron chi connectivity index (χ4n) is 1.99. The van der Waals surface area contributed by atoms with E-state index in [9.17, 15) is 0 Å². The molecule has 0 radical (unpaired) electrons. The number of halogens is 1. The van der Waals surface area contributed by atoms with Crippen LogP contribution >= 0.6 is 11.6 Å². The topological polar surface area (TPSA) is 17.8 Å². The minimum Gasteiger partial charge on any atom is -0.333 e. The molecule has 1 aromatic heterocycles. The highest BCUT2D eigenvalue weighted by Gasteiger charge is 2.22. The molecule has 1 unspecified atom stereocenters. The summed E-state index contributed by atoms with van der Waals surface area (Å²) < 4.78 is 2.18. The van der Waals surface area contributed by atoms with Crippen LogP contribution in [-0.4, -0.2) is 9.55 Å². The summed E-state index contributed by atoms with van der Waals surface area (Å²) in [5.74, 6) is 2.70. The Labute approximate surface area is 83.9 Å². The smallest absolute Gasteiger partial charge is 0.147 e. The lowest BCUT2D eigenvalue weighted by Crippen LogP contribution is -2.22. The van der Waals surface area contributed by atoms with Gasteiger partial charge in [-0.1, -0.05) is 25.4 Å². The summed E-state index contributed by atoms with van der Waals surface area (Å²) in [6.07, 6.45) is 4.29. The number of aromatic nitrogens is 2. The van der Waals surface area contributed by atoms with Gasteiger partial charge < -0.3 is 4.57 Å². The van der Waals surface area contributed by atoms with Gasteiger partial charge in [-0.25, -0.2) is 4.98 Å². The molecule has 0 amide bonds. The largest absolute Gasteiger partial charge is 0.333 e. The van der Waals surface area contributed by atoms with E-state index in [0.717, 1.165) is 30.6 Å². The molecule has 1 atom stereocenters. The Bertz CT molecular complexity index is 304. The minimum absolute atomic E-state index is 0.638. The molecule has 0 aliphatic carbocycles. The van der Waals surface area contributed by atoms with E-state index in [-0.39, 0.29) is 0 Å². The van der Waals surface area contributed by atoms with E-state index in [2.05, 4.69) is 23.4 Å². The number of hydrogen-bond acceptors (Lipinski definition) is 1. The van der Waals surface area contributed by atoms with Gasteiger partial charge in [0, 0.05) is 19.2 Å². The zero-order chi connectivity index (χ0) is 9.42. The van der Waals surface area contributed by atoms with Gasteiger partial charge in [-0.3, -0.25) is 0 Å². The number of fused-ring (bicyclic) bond motifs is 1. The van der Waals surface area contributed by atoms with Crippen LogP contribution in [0.5, 0.6) is 0 Å². The first-order chi connectivity index (χ1) is 6.16. The molecule has 0 saturated heterocycles. The molecule has 0 aromatic carbocycles. The normalized spacial score (nSPS) is 22.0. The predicted molar refractivity (Wildman–Crippen MR) is 53.9 cm³/mol. The van der Waals surface area contributed by atoms with Crippen molar-refractivity contribution in [3.63, 3.8) is 0 Å². The lowest BCUT2D eigenvalue weighted by molar-refractivity contribution is 0.298. The lowest BCUT2D eigenvalue weighted by atomic mass is 9.87. The van der Waals surface area contributed by atoms with E-state index < -0.39 is 0 Å². The Morgan fingerprint density at radius 2 is 2.38 bits per heavy atom. The van der Waals surface area contributed by atoms with Gasteiger partial charge in [0.05, 0.1) is 0 Å². The molecule has 0 spiro atoms. The van der Waals surface area contributed by atoms with Gasteiger partial charge in [0.25, 0.3) is 0 Å². The van der Waals surface area contributed by atoms with Crippen molar-refractivity contribution in [3.05, 3.63) is 17.2 Å². The zero-order valence-corrected chi connectivity index (χ0v) is 8.88. The molecule has 2 heterocycles. The fourth-order valence-corrected chi connectivity index (χ4v) is 2.20. The van der Waals surface area contributed by atoms with Crippen LogP contribution in [0, 0.1) is 11.8 Å². The van der Waals surface area contributed by atoms with E-state index in [1.165, 1.54) is 6.42 Å². The number of rotatable bonds is 1. The Kier molecular flexibility index (Phi) is 2.33. The highest BCUT2D eigenvalue weighted by Crippen LogP contribution is 2.26. The molecular formula is C10H15ClN2. The van der Waals surface area contributed by atoms with Crippen LogP contribution in [0.1, 0.15) is 26.1 Å². The van der Waals surface area contributed by atoms with Crippen molar-refractivity contribution in [2.75, 3.05) is 0 Å². The van der Waals surface area contributed by atoms with Gasteiger partial charge in [0.2, 0.25) is 0 Å². The Morgan fingerprint density at radius 3 is 3.08 bits per heavy atom. The molecule has 1 aliphatic heterocycles. The molecule has 2 nitrogen and oxygen atoms in total. The van der Waals surface area contributed by atoms with E-state index in [4.69, 9.17) is 11.6 Å². The molecular weight excluding hydrogens is 184 g/mol. The molecule has 0 bridgehead atoms. The second-order valence-corrected chi connectivity index (χ2v) is 4.56. The minimum atomic E-state index is 0.638. The molecule has 2 rings (SSSR count). The maximum Gasteiger partial charge on any atom is 0.147 e. The van der Waals surface area contributed by atoms with Crippen molar-refractivity contribution in [3.8, 4) is 0 Å². The average molecular weight is 199 g/mol. The number of hydrogen-bond donors (Lipinski definition) is 0. The quantitative estimate of drug-likeness (QED) is 0.679. The molecule has 0 saturated carbocycles. The Morgan fingerprint density at radius 1 is 1.62 bits per heavy atom. The first-order valence-electron chi connectivity index (χ1n) is 4.88. The summed E-state index contributed by atoms with van der Waals surface area (Å²) in [7, 11) is 0. The number of aryl methyl sites for hydroxylation is 1. The van der Waals surface area contributed by atoms with E-state index >= 15 is 0 Å². The van der Waals surface area contributed by atoms with Crippen molar-refractivity contribution in [1.82, 2.24) is 9.55 Å². The van der Waals surface area contributed by atoms with Crippen molar-refractivity contribution in [2.24, 2.45) is 11.8 Å². The first kappa shape index (κ1) is 9.07. The molecule has 0 N–H and O–H groups in total. The van der Waals surface area contributed by atoms with Crippen LogP contribution in [0.25, 0.3) is 0 Å². The molecule has 3 heteroatoms. The summed E-state index contributed by atoms with van der Waals surface area (Å²) in [6.45, 7) is 5.65. The van der Waals surface area contributed by atoms with Gasteiger partial charge in [0.1, 0.15) is 11.0 Å². The van der Waals surface area contributed by atoms with Gasteiger partial charge in [-0.05, 0) is 18.3 Å². The van der Waals surface area contributed by atoms with Gasteiger partial charge >= 0.3 is 0 Å². The van der Waals surface area contributed by atoms with E-state index in [1.807, 2.05) is 6.20 Å². The SMILES string of the molecule is CC(C)C1CCn2cc(Cl)nc2C1. The third-order valence-electron chi connectivity index (χ3n) is 2.96. The van der Waals surface area contributed by atoms with Gasteiger partial charge in [0.15, 0.2) is 0 Å². The van der Waals surface area contributed by atoms with Crippen molar-refractivity contribution in [1.29, 1.82) is 0 Å². The van der Waals surface area contributed by atoms with Crippen LogP contribution in [0.3, 0.4) is 0 Å². The molecule has 0 fully saturated rings. The monoisotopic (exact) mass is 198 g/mol. The lowest BCUT2D eigenvalue weighted by Gasteiger charge is -2.25. The summed E-state index contributed by atoms with van der Waals surface area (Å²) in [5, 5.41) is 0.638. The maximum absolute atomic E-state index is 5.85. The fraction of sp³-hybridized carbons (Fsp3) is 0.700. The second kappa shape index (κ2) is 3.33. The predicted octanol–water partition coefficient (Wildman–Crippen LogP) is 2.75. The second-order valence-electron chi connectivity index (χ2n) is 4.17. The Balaban J connectivity index is 2.19. The highest BCUT2D eigenvalue weighted by molar-refractivity contribution is 6.29. The van der Waals surface area contributed by atoms with Crippen molar-refractivity contribution in [2.45, 2.75) is 33.2 Å². The maximum atomic E-state index is 5.85. The third-order valence-corrected chi connectivity index (χ3v) is 3.14.